The minimum absolute atomic E-state index is 0.187. The van der Waals surface area contributed by atoms with E-state index in [1.54, 1.807) is 22.6 Å². The number of carbonyl (C=O) groups excluding carboxylic acids is 1. The van der Waals surface area contributed by atoms with Gasteiger partial charge in [-0.2, -0.15) is 13.2 Å². The summed E-state index contributed by atoms with van der Waals surface area (Å²) >= 11 is 1.79. The molecule has 0 aliphatic heterocycles. The molecule has 1 amide bonds. The molecular formula is C12H13F3INO. The number of hydrogen-bond acceptors (Lipinski definition) is 1. The maximum atomic E-state index is 12.8. The molecule has 1 rings (SSSR count). The van der Waals surface area contributed by atoms with E-state index in [2.05, 4.69) is 5.32 Å². The maximum Gasteiger partial charge on any atom is 0.417 e. The SMILES string of the molecule is CC(C)CNC(=O)c1ccc(I)cc1C(F)(F)F. The van der Waals surface area contributed by atoms with Gasteiger partial charge in [0.2, 0.25) is 0 Å². The summed E-state index contributed by atoms with van der Waals surface area (Å²) in [7, 11) is 0. The fourth-order valence-corrected chi connectivity index (χ4v) is 1.83. The first-order valence-electron chi connectivity index (χ1n) is 5.36. The van der Waals surface area contributed by atoms with Gasteiger partial charge >= 0.3 is 6.18 Å². The predicted octanol–water partition coefficient (Wildman–Crippen LogP) is 3.70. The zero-order valence-electron chi connectivity index (χ0n) is 9.94. The fourth-order valence-electron chi connectivity index (χ4n) is 1.34. The zero-order valence-corrected chi connectivity index (χ0v) is 12.1. The first kappa shape index (κ1) is 15.3. The van der Waals surface area contributed by atoms with E-state index in [4.69, 9.17) is 0 Å². The molecule has 1 aromatic carbocycles. The summed E-state index contributed by atoms with van der Waals surface area (Å²) in [6.07, 6.45) is -4.52. The molecule has 1 N–H and O–H groups in total. The Balaban J connectivity index is 3.05. The molecule has 0 heterocycles. The molecule has 0 aliphatic rings. The summed E-state index contributed by atoms with van der Waals surface area (Å²) in [5.41, 5.74) is -1.22. The van der Waals surface area contributed by atoms with Crippen molar-refractivity contribution in [2.24, 2.45) is 5.92 Å². The van der Waals surface area contributed by atoms with E-state index < -0.39 is 17.6 Å². The van der Waals surface area contributed by atoms with Crippen LogP contribution in [0.15, 0.2) is 18.2 Å². The summed E-state index contributed by atoms with van der Waals surface area (Å²) in [5.74, 6) is -0.500. The third-order valence-electron chi connectivity index (χ3n) is 2.20. The molecule has 0 atom stereocenters. The van der Waals surface area contributed by atoms with Crippen LogP contribution in [0.3, 0.4) is 0 Å². The third-order valence-corrected chi connectivity index (χ3v) is 2.87. The normalized spacial score (nSPS) is 11.7. The molecular weight excluding hydrogens is 358 g/mol. The molecule has 1 aromatic rings. The van der Waals surface area contributed by atoms with Crippen LogP contribution in [0.1, 0.15) is 29.8 Å². The average Bonchev–Trinajstić information content (AvgIpc) is 2.24. The number of alkyl halides is 3. The summed E-state index contributed by atoms with van der Waals surface area (Å²) < 4.78 is 38.9. The summed E-state index contributed by atoms with van der Waals surface area (Å²) in [4.78, 5) is 11.7. The fraction of sp³-hybridized carbons (Fsp3) is 0.417. The molecule has 0 saturated carbocycles. The number of amides is 1. The first-order chi connectivity index (χ1) is 8.21. The van der Waals surface area contributed by atoms with Crippen molar-refractivity contribution in [1.29, 1.82) is 0 Å². The summed E-state index contributed by atoms with van der Waals surface area (Å²) in [5, 5.41) is 2.49. The van der Waals surface area contributed by atoms with E-state index in [0.29, 0.717) is 10.1 Å². The molecule has 0 saturated heterocycles. The third kappa shape index (κ3) is 4.15. The van der Waals surface area contributed by atoms with Gasteiger partial charge in [0.1, 0.15) is 0 Å². The van der Waals surface area contributed by atoms with E-state index >= 15 is 0 Å². The van der Waals surface area contributed by atoms with E-state index in [9.17, 15) is 18.0 Å². The van der Waals surface area contributed by atoms with Crippen molar-refractivity contribution in [2.45, 2.75) is 20.0 Å². The highest BCUT2D eigenvalue weighted by atomic mass is 127. The number of rotatable bonds is 3. The summed E-state index contributed by atoms with van der Waals surface area (Å²) in [6, 6.07) is 3.67. The van der Waals surface area contributed by atoms with Crippen molar-refractivity contribution in [2.75, 3.05) is 6.54 Å². The van der Waals surface area contributed by atoms with Gasteiger partial charge in [-0.05, 0) is 46.7 Å². The van der Waals surface area contributed by atoms with Crippen LogP contribution in [0.4, 0.5) is 13.2 Å². The van der Waals surface area contributed by atoms with Crippen molar-refractivity contribution in [3.63, 3.8) is 0 Å². The van der Waals surface area contributed by atoms with E-state index in [0.717, 1.165) is 6.07 Å². The number of hydrogen-bond donors (Lipinski definition) is 1. The van der Waals surface area contributed by atoms with Gasteiger partial charge in [0, 0.05) is 10.1 Å². The van der Waals surface area contributed by atoms with Gasteiger partial charge in [-0.15, -0.1) is 0 Å². The van der Waals surface area contributed by atoms with Gasteiger partial charge in [0.05, 0.1) is 11.1 Å². The van der Waals surface area contributed by atoms with Crippen molar-refractivity contribution in [3.8, 4) is 0 Å². The second kappa shape index (κ2) is 5.90. The average molecular weight is 371 g/mol. The summed E-state index contributed by atoms with van der Waals surface area (Å²) in [6.45, 7) is 4.10. The molecule has 2 nitrogen and oxygen atoms in total. The largest absolute Gasteiger partial charge is 0.417 e. The van der Waals surface area contributed by atoms with E-state index in [1.165, 1.54) is 12.1 Å². The van der Waals surface area contributed by atoms with Crippen LogP contribution >= 0.6 is 22.6 Å². The van der Waals surface area contributed by atoms with Gasteiger partial charge in [-0.25, -0.2) is 0 Å². The van der Waals surface area contributed by atoms with Crippen LogP contribution in [-0.4, -0.2) is 12.5 Å². The molecule has 0 aliphatic carbocycles. The minimum atomic E-state index is -4.52. The Bertz CT molecular complexity index is 443. The number of carbonyl (C=O) groups is 1. The van der Waals surface area contributed by atoms with Crippen molar-refractivity contribution in [1.82, 2.24) is 5.32 Å². The van der Waals surface area contributed by atoms with E-state index in [1.807, 2.05) is 13.8 Å². The molecule has 6 heteroatoms. The topological polar surface area (TPSA) is 29.1 Å². The van der Waals surface area contributed by atoms with Crippen LogP contribution in [0.5, 0.6) is 0 Å². The van der Waals surface area contributed by atoms with Crippen molar-refractivity contribution >= 4 is 28.5 Å². The second-order valence-electron chi connectivity index (χ2n) is 4.29. The Morgan fingerprint density at radius 3 is 2.50 bits per heavy atom. The molecule has 0 aromatic heterocycles. The quantitative estimate of drug-likeness (QED) is 0.807. The molecule has 0 fully saturated rings. The maximum absolute atomic E-state index is 12.8. The van der Waals surface area contributed by atoms with Gasteiger partial charge in [-0.1, -0.05) is 13.8 Å². The Labute approximate surface area is 117 Å². The zero-order chi connectivity index (χ0) is 13.9. The highest BCUT2D eigenvalue weighted by Crippen LogP contribution is 2.33. The molecule has 0 bridgehead atoms. The van der Waals surface area contributed by atoms with Gasteiger partial charge in [0.25, 0.3) is 5.91 Å². The smallest absolute Gasteiger partial charge is 0.352 e. The Kier molecular flexibility index (Phi) is 5.01. The highest BCUT2D eigenvalue weighted by Gasteiger charge is 2.35. The minimum Gasteiger partial charge on any atom is -0.352 e. The monoisotopic (exact) mass is 371 g/mol. The van der Waals surface area contributed by atoms with Crippen LogP contribution in [-0.2, 0) is 6.18 Å². The highest BCUT2D eigenvalue weighted by molar-refractivity contribution is 14.1. The van der Waals surface area contributed by atoms with Crippen molar-refractivity contribution in [3.05, 3.63) is 32.9 Å². The van der Waals surface area contributed by atoms with Gasteiger partial charge in [-0.3, -0.25) is 4.79 Å². The van der Waals surface area contributed by atoms with Crippen LogP contribution in [0.2, 0.25) is 0 Å². The standard InChI is InChI=1S/C12H13F3INO/c1-7(2)6-17-11(18)9-4-3-8(16)5-10(9)12(13,14)15/h3-5,7H,6H2,1-2H3,(H,17,18). The Morgan fingerprint density at radius 1 is 1.39 bits per heavy atom. The Morgan fingerprint density at radius 2 is 2.00 bits per heavy atom. The molecule has 100 valence electrons. The first-order valence-corrected chi connectivity index (χ1v) is 6.44. The predicted molar refractivity (Wildman–Crippen MR) is 71.3 cm³/mol. The van der Waals surface area contributed by atoms with Crippen LogP contribution in [0, 0.1) is 9.49 Å². The lowest BCUT2D eigenvalue weighted by Gasteiger charge is -2.14. The molecule has 0 spiro atoms. The van der Waals surface area contributed by atoms with E-state index in [-0.39, 0.29) is 11.5 Å². The lowest BCUT2D eigenvalue weighted by atomic mass is 10.1. The second-order valence-corrected chi connectivity index (χ2v) is 5.54. The van der Waals surface area contributed by atoms with Crippen LogP contribution < -0.4 is 5.32 Å². The van der Waals surface area contributed by atoms with Gasteiger partial charge in [0.15, 0.2) is 0 Å². The van der Waals surface area contributed by atoms with Crippen molar-refractivity contribution < 1.29 is 18.0 Å². The number of halogens is 4. The lowest BCUT2D eigenvalue weighted by Crippen LogP contribution is -2.29. The lowest BCUT2D eigenvalue weighted by molar-refractivity contribution is -0.138. The van der Waals surface area contributed by atoms with Crippen LogP contribution in [0.25, 0.3) is 0 Å². The number of benzene rings is 1. The Hall–Kier alpha value is -0.790. The number of nitrogens with one attached hydrogen (secondary N) is 1. The molecule has 0 unspecified atom stereocenters. The van der Waals surface area contributed by atoms with Gasteiger partial charge < -0.3 is 5.32 Å². The molecule has 18 heavy (non-hydrogen) atoms. The molecule has 0 radical (unpaired) electrons.